The summed E-state index contributed by atoms with van der Waals surface area (Å²) in [4.78, 5) is 11.6. The van der Waals surface area contributed by atoms with Gasteiger partial charge in [0.25, 0.3) is 10.0 Å². The highest BCUT2D eigenvalue weighted by atomic mass is 32.2. The van der Waals surface area contributed by atoms with Crippen LogP contribution in [0.3, 0.4) is 0 Å². The Morgan fingerprint density at radius 2 is 1.82 bits per heavy atom. The molecule has 0 bridgehead atoms. The van der Waals surface area contributed by atoms with E-state index in [1.807, 2.05) is 18.2 Å². The standard InChI is InChI=1S/C24H29N5O3S/c30-33(31,28-21-7-2-1-3-8-21)22-9-4-6-20(18-22)19-24-26-12-10-23(27-24)25-11-5-13-29-14-16-32-17-15-29/h1-4,6-10,12,18,28H,5,11,13-17,19H2,(H,25,26,27). The number of nitrogens with one attached hydrogen (secondary N) is 2. The summed E-state index contributed by atoms with van der Waals surface area (Å²) in [6.07, 6.45) is 3.19. The van der Waals surface area contributed by atoms with Crippen molar-refractivity contribution in [2.24, 2.45) is 0 Å². The van der Waals surface area contributed by atoms with Crippen LogP contribution in [0.2, 0.25) is 0 Å². The van der Waals surface area contributed by atoms with Crippen LogP contribution in [0.25, 0.3) is 0 Å². The van der Waals surface area contributed by atoms with E-state index in [0.717, 1.165) is 57.2 Å². The fraction of sp³-hybridized carbons (Fsp3) is 0.333. The van der Waals surface area contributed by atoms with E-state index in [4.69, 9.17) is 4.74 Å². The average molecular weight is 468 g/mol. The SMILES string of the molecule is O=S(=O)(Nc1ccccc1)c1cccc(Cc2nccc(NCCCN3CCOCC3)n2)c1. The van der Waals surface area contributed by atoms with Gasteiger partial charge in [0, 0.05) is 37.9 Å². The molecule has 174 valence electrons. The van der Waals surface area contributed by atoms with Gasteiger partial charge in [-0.2, -0.15) is 0 Å². The summed E-state index contributed by atoms with van der Waals surface area (Å²) >= 11 is 0. The van der Waals surface area contributed by atoms with Crippen molar-refractivity contribution in [1.82, 2.24) is 14.9 Å². The van der Waals surface area contributed by atoms with E-state index in [-0.39, 0.29) is 4.90 Å². The highest BCUT2D eigenvalue weighted by molar-refractivity contribution is 7.92. The molecule has 1 aliphatic heterocycles. The van der Waals surface area contributed by atoms with Gasteiger partial charge in [0.2, 0.25) is 0 Å². The van der Waals surface area contributed by atoms with Crippen LogP contribution in [0.4, 0.5) is 11.5 Å². The Hall–Kier alpha value is -3.01. The molecule has 0 unspecified atom stereocenters. The Kier molecular flexibility index (Phi) is 7.87. The van der Waals surface area contributed by atoms with Gasteiger partial charge in [-0.15, -0.1) is 0 Å². The molecule has 0 radical (unpaired) electrons. The first-order chi connectivity index (χ1) is 16.1. The minimum Gasteiger partial charge on any atom is -0.379 e. The zero-order chi connectivity index (χ0) is 22.9. The van der Waals surface area contributed by atoms with E-state index in [0.29, 0.717) is 17.9 Å². The summed E-state index contributed by atoms with van der Waals surface area (Å²) < 4.78 is 33.5. The number of morpholine rings is 1. The van der Waals surface area contributed by atoms with Gasteiger partial charge in [-0.25, -0.2) is 18.4 Å². The third-order valence-corrected chi connectivity index (χ3v) is 6.74. The van der Waals surface area contributed by atoms with E-state index in [9.17, 15) is 8.42 Å². The highest BCUT2D eigenvalue weighted by Gasteiger charge is 2.15. The molecule has 4 rings (SSSR count). The summed E-state index contributed by atoms with van der Waals surface area (Å²) in [6, 6.07) is 17.6. The molecule has 2 aromatic carbocycles. The molecule has 1 fully saturated rings. The van der Waals surface area contributed by atoms with Crippen molar-refractivity contribution in [3.05, 3.63) is 78.2 Å². The van der Waals surface area contributed by atoms with Gasteiger partial charge < -0.3 is 10.1 Å². The first kappa shape index (κ1) is 23.2. The van der Waals surface area contributed by atoms with Crippen LogP contribution in [-0.2, 0) is 21.2 Å². The van der Waals surface area contributed by atoms with Crippen molar-refractivity contribution < 1.29 is 13.2 Å². The maximum absolute atomic E-state index is 12.8. The normalized spacial score (nSPS) is 14.7. The van der Waals surface area contributed by atoms with Gasteiger partial charge >= 0.3 is 0 Å². The Balaban J connectivity index is 1.34. The van der Waals surface area contributed by atoms with Gasteiger partial charge in [0.05, 0.1) is 18.1 Å². The zero-order valence-corrected chi connectivity index (χ0v) is 19.3. The second kappa shape index (κ2) is 11.2. The van der Waals surface area contributed by atoms with Crippen LogP contribution >= 0.6 is 0 Å². The second-order valence-corrected chi connectivity index (χ2v) is 9.57. The minimum atomic E-state index is -3.68. The lowest BCUT2D eigenvalue weighted by Gasteiger charge is -2.26. The summed E-state index contributed by atoms with van der Waals surface area (Å²) in [5, 5.41) is 3.36. The predicted molar refractivity (Wildman–Crippen MR) is 129 cm³/mol. The maximum atomic E-state index is 12.8. The van der Waals surface area contributed by atoms with Crippen LogP contribution in [0.1, 0.15) is 17.8 Å². The molecule has 9 heteroatoms. The quantitative estimate of drug-likeness (QED) is 0.443. The van der Waals surface area contributed by atoms with Crippen molar-refractivity contribution in [2.75, 3.05) is 49.4 Å². The summed E-state index contributed by atoms with van der Waals surface area (Å²) in [5.41, 5.74) is 1.36. The second-order valence-electron chi connectivity index (χ2n) is 7.89. The van der Waals surface area contributed by atoms with Crippen molar-refractivity contribution in [3.63, 3.8) is 0 Å². The third kappa shape index (κ3) is 6.98. The zero-order valence-electron chi connectivity index (χ0n) is 18.5. The number of hydrogen-bond donors (Lipinski definition) is 2. The summed E-state index contributed by atoms with van der Waals surface area (Å²) in [7, 11) is -3.68. The molecule has 1 aliphatic rings. The molecule has 1 aromatic heterocycles. The lowest BCUT2D eigenvalue weighted by Crippen LogP contribution is -2.37. The molecular weight excluding hydrogens is 438 g/mol. The lowest BCUT2D eigenvalue weighted by molar-refractivity contribution is 0.0378. The lowest BCUT2D eigenvalue weighted by atomic mass is 10.1. The maximum Gasteiger partial charge on any atom is 0.261 e. The van der Waals surface area contributed by atoms with Crippen LogP contribution in [-0.4, -0.2) is 62.7 Å². The molecule has 33 heavy (non-hydrogen) atoms. The number of para-hydroxylation sites is 1. The average Bonchev–Trinajstić information content (AvgIpc) is 2.83. The minimum absolute atomic E-state index is 0.209. The molecule has 0 atom stereocenters. The van der Waals surface area contributed by atoms with Crippen molar-refractivity contribution in [1.29, 1.82) is 0 Å². The number of benzene rings is 2. The number of rotatable bonds is 10. The van der Waals surface area contributed by atoms with Crippen LogP contribution in [0, 0.1) is 0 Å². The van der Waals surface area contributed by atoms with Gasteiger partial charge in [0.15, 0.2) is 0 Å². The summed E-state index contributed by atoms with van der Waals surface area (Å²) in [6.45, 7) is 5.47. The monoisotopic (exact) mass is 467 g/mol. The van der Waals surface area contributed by atoms with E-state index in [1.54, 1.807) is 48.7 Å². The smallest absolute Gasteiger partial charge is 0.261 e. The Morgan fingerprint density at radius 1 is 1.00 bits per heavy atom. The van der Waals surface area contributed by atoms with Crippen molar-refractivity contribution >= 4 is 21.5 Å². The van der Waals surface area contributed by atoms with Crippen molar-refractivity contribution in [3.8, 4) is 0 Å². The molecule has 2 heterocycles. The molecule has 0 aliphatic carbocycles. The Labute approximate surface area is 195 Å². The number of ether oxygens (including phenoxy) is 1. The number of hydrogen-bond acceptors (Lipinski definition) is 7. The summed E-state index contributed by atoms with van der Waals surface area (Å²) in [5.74, 6) is 1.41. The first-order valence-corrected chi connectivity index (χ1v) is 12.6. The fourth-order valence-electron chi connectivity index (χ4n) is 3.65. The van der Waals surface area contributed by atoms with Gasteiger partial charge in [-0.05, 0) is 48.9 Å². The van der Waals surface area contributed by atoms with Gasteiger partial charge in [-0.1, -0.05) is 30.3 Å². The fourth-order valence-corrected chi connectivity index (χ4v) is 4.78. The van der Waals surface area contributed by atoms with Crippen LogP contribution < -0.4 is 10.0 Å². The number of sulfonamides is 1. The molecular formula is C24H29N5O3S. The first-order valence-electron chi connectivity index (χ1n) is 11.1. The molecule has 0 saturated carbocycles. The van der Waals surface area contributed by atoms with Gasteiger partial charge in [-0.3, -0.25) is 9.62 Å². The van der Waals surface area contributed by atoms with Gasteiger partial charge in [0.1, 0.15) is 11.6 Å². The largest absolute Gasteiger partial charge is 0.379 e. The van der Waals surface area contributed by atoms with E-state index < -0.39 is 10.0 Å². The third-order valence-electron chi connectivity index (χ3n) is 5.36. The Morgan fingerprint density at radius 3 is 2.64 bits per heavy atom. The van der Waals surface area contributed by atoms with Crippen molar-refractivity contribution in [2.45, 2.75) is 17.7 Å². The predicted octanol–water partition coefficient (Wildman–Crippen LogP) is 3.00. The molecule has 0 spiro atoms. The van der Waals surface area contributed by atoms with E-state index in [1.165, 1.54) is 0 Å². The number of aromatic nitrogens is 2. The van der Waals surface area contributed by atoms with E-state index in [2.05, 4.69) is 24.9 Å². The molecule has 1 saturated heterocycles. The topological polar surface area (TPSA) is 96.5 Å². The Bertz CT molecular complexity index is 1140. The highest BCUT2D eigenvalue weighted by Crippen LogP contribution is 2.18. The molecule has 0 amide bonds. The molecule has 8 nitrogen and oxygen atoms in total. The molecule has 2 N–H and O–H groups in total. The molecule has 3 aromatic rings. The number of nitrogens with zero attached hydrogens (tertiary/aromatic N) is 3. The van der Waals surface area contributed by atoms with Crippen LogP contribution in [0.5, 0.6) is 0 Å². The van der Waals surface area contributed by atoms with E-state index >= 15 is 0 Å². The number of anilines is 2. The van der Waals surface area contributed by atoms with Crippen LogP contribution in [0.15, 0.2) is 71.8 Å².